The molecule has 0 radical (unpaired) electrons. The predicted octanol–water partition coefficient (Wildman–Crippen LogP) is 4.86. The minimum Gasteiger partial charge on any atom is -0.399 e. The molecule has 1 aromatic heterocycles. The van der Waals surface area contributed by atoms with Crippen molar-refractivity contribution in [2.24, 2.45) is 0 Å². The van der Waals surface area contributed by atoms with Crippen molar-refractivity contribution in [3.8, 4) is 0 Å². The number of benzene rings is 1. The largest absolute Gasteiger partial charge is 0.416 e. The van der Waals surface area contributed by atoms with Gasteiger partial charge in [0.15, 0.2) is 0 Å². The van der Waals surface area contributed by atoms with Gasteiger partial charge < -0.3 is 11.1 Å². The molecule has 0 aliphatic rings. The van der Waals surface area contributed by atoms with Crippen LogP contribution in [-0.4, -0.2) is 9.97 Å². The Morgan fingerprint density at radius 2 is 1.88 bits per heavy atom. The Bertz CT molecular complexity index is 747. The zero-order valence-corrected chi connectivity index (χ0v) is 14.8. The van der Waals surface area contributed by atoms with Crippen molar-refractivity contribution >= 4 is 23.1 Å². The summed E-state index contributed by atoms with van der Waals surface area (Å²) < 4.78 is 38.7. The molecule has 136 valence electrons. The van der Waals surface area contributed by atoms with E-state index in [1.807, 2.05) is 13.8 Å². The summed E-state index contributed by atoms with van der Waals surface area (Å²) in [6.07, 6.45) is -2.08. The number of aryl methyl sites for hydroxylation is 1. The van der Waals surface area contributed by atoms with Gasteiger partial charge in [0, 0.05) is 17.8 Å². The molecule has 4 nitrogen and oxygen atoms in total. The van der Waals surface area contributed by atoms with Crippen LogP contribution in [-0.2, 0) is 25.6 Å². The van der Waals surface area contributed by atoms with Crippen molar-refractivity contribution in [1.29, 1.82) is 0 Å². The fourth-order valence-corrected chi connectivity index (χ4v) is 2.82. The molecule has 1 heterocycles. The minimum absolute atomic E-state index is 0.0646. The van der Waals surface area contributed by atoms with Gasteiger partial charge >= 0.3 is 6.18 Å². The first-order valence-electron chi connectivity index (χ1n) is 8.00. The van der Waals surface area contributed by atoms with Gasteiger partial charge in [0.25, 0.3) is 0 Å². The highest BCUT2D eigenvalue weighted by Crippen LogP contribution is 2.31. The highest BCUT2D eigenvalue weighted by atomic mass is 35.5. The Balaban J connectivity index is 2.28. The number of nitrogens with one attached hydrogen (secondary N) is 1. The molecule has 8 heteroatoms. The summed E-state index contributed by atoms with van der Waals surface area (Å²) in [6.45, 7) is 4.16. The Labute approximate surface area is 149 Å². The summed E-state index contributed by atoms with van der Waals surface area (Å²) in [6, 6.07) is 3.50. The van der Waals surface area contributed by atoms with E-state index in [1.165, 1.54) is 6.07 Å². The van der Waals surface area contributed by atoms with E-state index >= 15 is 0 Å². The lowest BCUT2D eigenvalue weighted by molar-refractivity contribution is -0.137. The van der Waals surface area contributed by atoms with Crippen molar-refractivity contribution < 1.29 is 13.2 Å². The predicted molar refractivity (Wildman–Crippen MR) is 93.6 cm³/mol. The fraction of sp³-hybridized carbons (Fsp3) is 0.412. The molecule has 0 aliphatic carbocycles. The van der Waals surface area contributed by atoms with E-state index in [0.29, 0.717) is 17.8 Å². The van der Waals surface area contributed by atoms with Crippen molar-refractivity contribution in [2.45, 2.75) is 45.8 Å². The topological polar surface area (TPSA) is 63.8 Å². The first-order valence-corrected chi connectivity index (χ1v) is 8.38. The Morgan fingerprint density at radius 1 is 1.16 bits per heavy atom. The molecule has 25 heavy (non-hydrogen) atoms. The third kappa shape index (κ3) is 4.98. The minimum atomic E-state index is -4.44. The molecular weight excluding hydrogens is 353 g/mol. The molecule has 3 N–H and O–H groups in total. The average Bonchev–Trinajstić information content (AvgIpc) is 2.51. The van der Waals surface area contributed by atoms with Gasteiger partial charge in [-0.05, 0) is 48.2 Å². The number of anilines is 2. The van der Waals surface area contributed by atoms with Crippen LogP contribution in [0, 0.1) is 0 Å². The summed E-state index contributed by atoms with van der Waals surface area (Å²) in [4.78, 5) is 8.44. The average molecular weight is 373 g/mol. The molecular formula is C17H20ClF3N4. The molecule has 0 bridgehead atoms. The van der Waals surface area contributed by atoms with Gasteiger partial charge in [-0.3, -0.25) is 0 Å². The van der Waals surface area contributed by atoms with Crippen molar-refractivity contribution in [3.05, 3.63) is 45.9 Å². The second kappa shape index (κ2) is 7.91. The molecule has 0 aliphatic heterocycles. The lowest BCUT2D eigenvalue weighted by Crippen LogP contribution is -2.11. The van der Waals surface area contributed by atoms with E-state index in [2.05, 4.69) is 15.3 Å². The molecule has 0 amide bonds. The number of rotatable bonds is 6. The Hall–Kier alpha value is -2.02. The summed E-state index contributed by atoms with van der Waals surface area (Å²) in [7, 11) is 0. The first kappa shape index (κ1) is 19.3. The van der Waals surface area contributed by atoms with Gasteiger partial charge in [-0.15, -0.1) is 0 Å². The van der Waals surface area contributed by atoms with Crippen molar-refractivity contribution in [1.82, 2.24) is 9.97 Å². The number of nitrogen functional groups attached to an aromatic ring is 1. The van der Waals surface area contributed by atoms with Crippen LogP contribution in [0.15, 0.2) is 18.2 Å². The van der Waals surface area contributed by atoms with Crippen LogP contribution in [0.5, 0.6) is 0 Å². The highest BCUT2D eigenvalue weighted by Gasteiger charge is 2.31. The van der Waals surface area contributed by atoms with Crippen LogP contribution >= 0.6 is 11.6 Å². The molecule has 2 aromatic rings. The quantitative estimate of drug-likeness (QED) is 0.561. The van der Waals surface area contributed by atoms with E-state index in [4.69, 9.17) is 17.3 Å². The number of nitrogens with zero attached hydrogens (tertiary/aromatic N) is 2. The van der Waals surface area contributed by atoms with E-state index in [0.717, 1.165) is 36.2 Å². The Kier molecular flexibility index (Phi) is 6.11. The van der Waals surface area contributed by atoms with Gasteiger partial charge in [-0.1, -0.05) is 20.3 Å². The number of alkyl halides is 3. The van der Waals surface area contributed by atoms with E-state index in [1.54, 1.807) is 0 Å². The monoisotopic (exact) mass is 372 g/mol. The lowest BCUT2D eigenvalue weighted by atomic mass is 10.1. The van der Waals surface area contributed by atoms with Gasteiger partial charge in [-0.2, -0.15) is 13.2 Å². The molecule has 2 rings (SSSR count). The number of nitrogens with two attached hydrogens (primary N) is 1. The van der Waals surface area contributed by atoms with Gasteiger partial charge in [0.05, 0.1) is 11.3 Å². The third-order valence-corrected chi connectivity index (χ3v) is 3.88. The second-order valence-electron chi connectivity index (χ2n) is 5.68. The third-order valence-electron chi connectivity index (χ3n) is 3.71. The van der Waals surface area contributed by atoms with Crippen LogP contribution in [0.4, 0.5) is 24.7 Å². The number of hydrogen-bond acceptors (Lipinski definition) is 4. The van der Waals surface area contributed by atoms with E-state index < -0.39 is 11.7 Å². The van der Waals surface area contributed by atoms with Gasteiger partial charge in [-0.25, -0.2) is 9.97 Å². The van der Waals surface area contributed by atoms with E-state index in [9.17, 15) is 13.2 Å². The van der Waals surface area contributed by atoms with Crippen molar-refractivity contribution in [3.63, 3.8) is 0 Å². The maximum atomic E-state index is 12.9. The standard InChI is InChI=1S/C17H20ClF3N4/c1-3-5-14-13(4-2)15(25-16(18)24-14)23-9-10-6-11(17(19,20)21)8-12(22)7-10/h6-8H,3-5,9,22H2,1-2H3,(H,23,24,25). The van der Waals surface area contributed by atoms with Crippen LogP contribution < -0.4 is 11.1 Å². The zero-order valence-electron chi connectivity index (χ0n) is 14.0. The van der Waals surface area contributed by atoms with Crippen LogP contribution in [0.2, 0.25) is 5.28 Å². The smallest absolute Gasteiger partial charge is 0.399 e. The Morgan fingerprint density at radius 3 is 2.48 bits per heavy atom. The number of aromatic nitrogens is 2. The lowest BCUT2D eigenvalue weighted by Gasteiger charge is -2.15. The van der Waals surface area contributed by atoms with Crippen LogP contribution in [0.3, 0.4) is 0 Å². The maximum Gasteiger partial charge on any atom is 0.416 e. The molecule has 0 unspecified atom stereocenters. The highest BCUT2D eigenvalue weighted by molar-refractivity contribution is 6.28. The molecule has 0 saturated heterocycles. The summed E-state index contributed by atoms with van der Waals surface area (Å²) in [5.74, 6) is 0.543. The number of hydrogen-bond donors (Lipinski definition) is 2. The summed E-state index contributed by atoms with van der Waals surface area (Å²) >= 11 is 5.98. The second-order valence-corrected chi connectivity index (χ2v) is 6.02. The fourth-order valence-electron chi connectivity index (χ4n) is 2.63. The molecule has 0 saturated carbocycles. The molecule has 0 spiro atoms. The molecule has 0 fully saturated rings. The first-order chi connectivity index (χ1) is 11.7. The van der Waals surface area contributed by atoms with Crippen LogP contribution in [0.25, 0.3) is 0 Å². The number of halogens is 4. The molecule has 1 aromatic carbocycles. The normalized spacial score (nSPS) is 11.6. The van der Waals surface area contributed by atoms with Gasteiger partial charge in [0.1, 0.15) is 5.82 Å². The zero-order chi connectivity index (χ0) is 18.6. The maximum absolute atomic E-state index is 12.9. The SMILES string of the molecule is CCCc1nc(Cl)nc(NCc2cc(N)cc(C(F)(F)F)c2)c1CC. The van der Waals surface area contributed by atoms with Crippen molar-refractivity contribution in [2.75, 3.05) is 11.1 Å². The van der Waals surface area contributed by atoms with Gasteiger partial charge in [0.2, 0.25) is 5.28 Å². The summed E-state index contributed by atoms with van der Waals surface area (Å²) in [5.41, 5.74) is 7.09. The van der Waals surface area contributed by atoms with E-state index in [-0.39, 0.29) is 17.5 Å². The van der Waals surface area contributed by atoms with Crippen LogP contribution in [0.1, 0.15) is 42.7 Å². The summed E-state index contributed by atoms with van der Waals surface area (Å²) in [5, 5.41) is 3.18. The molecule has 0 atom stereocenters.